The molecule has 72 heavy (non-hydrogen) atoms. The van der Waals surface area contributed by atoms with E-state index in [1.807, 2.05) is 45.3 Å². The molecule has 0 unspecified atom stereocenters. The molecule has 0 aliphatic rings. The van der Waals surface area contributed by atoms with Gasteiger partial charge in [-0.3, -0.25) is 0 Å². The van der Waals surface area contributed by atoms with Crippen LogP contribution in [-0.4, -0.2) is 0 Å². The van der Waals surface area contributed by atoms with Crippen molar-refractivity contribution in [3.8, 4) is 50.1 Å². The average molecular weight is 1020 g/mol. The van der Waals surface area contributed by atoms with E-state index in [1.54, 1.807) is 0 Å². The highest BCUT2D eigenvalue weighted by molar-refractivity contribution is 7.29. The molecule has 4 heteroatoms. The van der Waals surface area contributed by atoms with Crippen molar-refractivity contribution in [3.63, 3.8) is 0 Å². The van der Waals surface area contributed by atoms with Crippen LogP contribution < -0.4 is 0 Å². The smallest absolute Gasteiger partial charge is 0.0481 e. The van der Waals surface area contributed by atoms with E-state index < -0.39 is 0 Å². The number of unbranched alkanes of at least 4 members (excludes halogenated alkanes) is 18. The summed E-state index contributed by atoms with van der Waals surface area (Å²) < 4.78 is 0. The summed E-state index contributed by atoms with van der Waals surface area (Å²) in [4.78, 5) is 11.3. The van der Waals surface area contributed by atoms with Gasteiger partial charge >= 0.3 is 0 Å². The maximum Gasteiger partial charge on any atom is 0.0481 e. The van der Waals surface area contributed by atoms with E-state index in [9.17, 15) is 0 Å². The van der Waals surface area contributed by atoms with Crippen molar-refractivity contribution in [1.29, 1.82) is 0 Å². The summed E-state index contributed by atoms with van der Waals surface area (Å²) in [5.41, 5.74) is 5.72. The van der Waals surface area contributed by atoms with Gasteiger partial charge < -0.3 is 0 Å². The second-order valence-corrected chi connectivity index (χ2v) is 24.9. The fraction of sp³-hybridized carbons (Fsp3) is 0.353. The van der Waals surface area contributed by atoms with E-state index in [0.717, 1.165) is 12.8 Å². The van der Waals surface area contributed by atoms with Crippen LogP contribution in [0.5, 0.6) is 0 Å². The molecule has 10 rings (SSSR count). The summed E-state index contributed by atoms with van der Waals surface area (Å²) in [6.07, 6.45) is 29.6. The average Bonchev–Trinajstić information content (AvgIpc) is 4.26. The molecule has 0 radical (unpaired) electrons. The maximum atomic E-state index is 2.54. The Hall–Kier alpha value is -4.84. The lowest BCUT2D eigenvalue weighted by atomic mass is 10.0. The van der Waals surface area contributed by atoms with Gasteiger partial charge in [0.25, 0.3) is 0 Å². The van der Waals surface area contributed by atoms with Crippen molar-refractivity contribution in [2.24, 2.45) is 0 Å². The molecule has 0 fully saturated rings. The molecule has 0 aliphatic heterocycles. The van der Waals surface area contributed by atoms with Crippen LogP contribution in [0, 0.1) is 0 Å². The Morgan fingerprint density at radius 1 is 0.250 bits per heavy atom. The van der Waals surface area contributed by atoms with Gasteiger partial charge in [0.05, 0.1) is 0 Å². The van der Waals surface area contributed by atoms with Gasteiger partial charge in [0.1, 0.15) is 0 Å². The van der Waals surface area contributed by atoms with Crippen LogP contribution in [0.2, 0.25) is 0 Å². The van der Waals surface area contributed by atoms with Crippen molar-refractivity contribution < 1.29 is 0 Å². The van der Waals surface area contributed by atoms with Gasteiger partial charge in [0.15, 0.2) is 0 Å². The summed E-state index contributed by atoms with van der Waals surface area (Å²) in [5.74, 6) is 0. The van der Waals surface area contributed by atoms with Gasteiger partial charge in [-0.05, 0) is 164 Å². The number of benzene rings is 6. The summed E-state index contributed by atoms with van der Waals surface area (Å²) in [7, 11) is 0. The first-order chi connectivity index (χ1) is 35.6. The number of hydrogen-bond acceptors (Lipinski definition) is 4. The van der Waals surface area contributed by atoms with Gasteiger partial charge in [-0.1, -0.05) is 202 Å². The highest BCUT2D eigenvalue weighted by atomic mass is 32.1. The molecular weight excluding hydrogens is 945 g/mol. The second-order valence-electron chi connectivity index (χ2n) is 20.6. The third-order valence-corrected chi connectivity index (χ3v) is 20.3. The minimum absolute atomic E-state index is 1.15. The molecule has 0 spiro atoms. The summed E-state index contributed by atoms with van der Waals surface area (Å²) in [5, 5.41) is 10.5. The highest BCUT2D eigenvalue weighted by Crippen LogP contribution is 2.48. The van der Waals surface area contributed by atoms with E-state index in [-0.39, 0.29) is 0 Å². The Bertz CT molecular complexity index is 3090. The van der Waals surface area contributed by atoms with Gasteiger partial charge in [0.2, 0.25) is 0 Å². The predicted molar refractivity (Wildman–Crippen MR) is 326 cm³/mol. The van der Waals surface area contributed by atoms with Gasteiger partial charge in [-0.2, -0.15) is 0 Å². The quantitative estimate of drug-likeness (QED) is 0.0356. The molecule has 0 saturated heterocycles. The van der Waals surface area contributed by atoms with Crippen molar-refractivity contribution >= 4 is 88.4 Å². The van der Waals surface area contributed by atoms with Gasteiger partial charge in [0, 0.05) is 39.0 Å². The van der Waals surface area contributed by atoms with Crippen LogP contribution in [0.4, 0.5) is 0 Å². The molecule has 0 atom stereocenters. The zero-order chi connectivity index (χ0) is 48.9. The minimum Gasteiger partial charge on any atom is -0.134 e. The number of aryl methyl sites for hydroxylation is 2. The van der Waals surface area contributed by atoms with Crippen molar-refractivity contribution in [1.82, 2.24) is 0 Å². The van der Waals surface area contributed by atoms with Gasteiger partial charge in [-0.15, -0.1) is 45.3 Å². The molecule has 4 aromatic heterocycles. The number of rotatable bonds is 27. The second kappa shape index (κ2) is 25.4. The molecule has 0 bridgehead atoms. The first-order valence-electron chi connectivity index (χ1n) is 27.9. The Labute approximate surface area is 447 Å². The number of hydrogen-bond donors (Lipinski definition) is 0. The minimum atomic E-state index is 1.15. The Balaban J connectivity index is 0.890. The molecular formula is C68H74S4. The van der Waals surface area contributed by atoms with E-state index in [2.05, 4.69) is 159 Å². The topological polar surface area (TPSA) is 0 Å². The molecule has 0 aliphatic carbocycles. The fourth-order valence-electron chi connectivity index (χ4n) is 10.9. The first-order valence-corrected chi connectivity index (χ1v) is 31.2. The molecule has 10 aromatic rings. The maximum absolute atomic E-state index is 2.54. The van der Waals surface area contributed by atoms with E-state index in [1.165, 1.54) is 233 Å². The lowest BCUT2D eigenvalue weighted by molar-refractivity contribution is 0.556. The van der Waals surface area contributed by atoms with Crippen LogP contribution in [0.3, 0.4) is 0 Å². The van der Waals surface area contributed by atoms with Crippen molar-refractivity contribution in [2.75, 3.05) is 0 Å². The Morgan fingerprint density at radius 2 is 0.569 bits per heavy atom. The predicted octanol–water partition coefficient (Wildman–Crippen LogP) is 23.8. The van der Waals surface area contributed by atoms with Crippen molar-refractivity contribution in [2.45, 2.75) is 155 Å². The van der Waals surface area contributed by atoms with E-state index >= 15 is 0 Å². The molecule has 0 saturated carbocycles. The number of thiophene rings is 4. The normalized spacial score (nSPS) is 11.9. The standard InChI is InChI=1S/C68H74S4/c1-3-5-7-9-11-13-15-17-19-21-31-57-47-65(55-35-33-53-41-49-27-23-25-29-51(49)43-59(53)45-55)71-67(57)63-39-37-61(69-63)62-38-40-64(70-62)68-58(32-22-20-18-16-14-12-10-8-6-4-2)48-66(72-68)56-36-34-54-42-50-28-24-26-30-52(50)44-60(54)46-56/h23-30,33-48H,3-22,31-32H2,1-2H3. The van der Waals surface area contributed by atoms with E-state index in [0.29, 0.717) is 0 Å². The number of fused-ring (bicyclic) bond motifs is 4. The Kier molecular flexibility index (Phi) is 17.9. The molecule has 370 valence electrons. The third kappa shape index (κ3) is 12.7. The lowest BCUT2D eigenvalue weighted by Crippen LogP contribution is -1.87. The zero-order valence-corrected chi connectivity index (χ0v) is 46.3. The summed E-state index contributed by atoms with van der Waals surface area (Å²) >= 11 is 8.00. The van der Waals surface area contributed by atoms with Crippen LogP contribution in [0.15, 0.2) is 146 Å². The SMILES string of the molecule is CCCCCCCCCCCCc1cc(-c2ccc3cc4ccccc4cc3c2)sc1-c1ccc(-c2ccc(-c3sc(-c4ccc5cc6ccccc6cc5c4)cc3CCCCCCCCCCCC)s2)s1. The van der Waals surface area contributed by atoms with Crippen LogP contribution >= 0.6 is 45.3 Å². The zero-order valence-electron chi connectivity index (χ0n) is 43.0. The molecule has 0 N–H and O–H groups in total. The van der Waals surface area contributed by atoms with Crippen LogP contribution in [-0.2, 0) is 12.8 Å². The highest BCUT2D eigenvalue weighted by Gasteiger charge is 2.19. The molecule has 0 nitrogen and oxygen atoms in total. The molecule has 4 heterocycles. The summed E-state index contributed by atoms with van der Waals surface area (Å²) in [6.45, 7) is 4.62. The lowest BCUT2D eigenvalue weighted by Gasteiger charge is -2.05. The largest absolute Gasteiger partial charge is 0.134 e. The summed E-state index contributed by atoms with van der Waals surface area (Å²) in [6, 6.07) is 55.9. The van der Waals surface area contributed by atoms with E-state index in [4.69, 9.17) is 0 Å². The molecule has 6 aromatic carbocycles. The van der Waals surface area contributed by atoms with Crippen LogP contribution in [0.1, 0.15) is 153 Å². The van der Waals surface area contributed by atoms with Gasteiger partial charge in [-0.25, -0.2) is 0 Å². The first kappa shape index (κ1) is 50.7. The monoisotopic (exact) mass is 1020 g/mol. The molecule has 0 amide bonds. The third-order valence-electron chi connectivity index (χ3n) is 15.1. The van der Waals surface area contributed by atoms with Crippen molar-refractivity contribution in [3.05, 3.63) is 157 Å². The Morgan fingerprint density at radius 3 is 0.944 bits per heavy atom. The van der Waals surface area contributed by atoms with Crippen LogP contribution in [0.25, 0.3) is 93.2 Å². The fourth-order valence-corrected chi connectivity index (χ4v) is 15.7.